The van der Waals surface area contributed by atoms with Crippen molar-refractivity contribution in [2.45, 2.75) is 26.3 Å². The van der Waals surface area contributed by atoms with Gasteiger partial charge < -0.3 is 19.9 Å². The van der Waals surface area contributed by atoms with Crippen molar-refractivity contribution in [1.82, 2.24) is 10.2 Å². The summed E-state index contributed by atoms with van der Waals surface area (Å²) in [5, 5.41) is 2.78. The first-order valence-electron chi connectivity index (χ1n) is 8.34. The Morgan fingerprint density at radius 1 is 1.28 bits per heavy atom. The minimum Gasteiger partial charge on any atom is -0.482 e. The highest BCUT2D eigenvalue weighted by atomic mass is 16.5. The van der Waals surface area contributed by atoms with Crippen LogP contribution in [-0.2, 0) is 14.4 Å². The van der Waals surface area contributed by atoms with Crippen molar-refractivity contribution in [1.29, 1.82) is 0 Å². The Morgan fingerprint density at radius 3 is 2.60 bits per heavy atom. The van der Waals surface area contributed by atoms with Crippen LogP contribution in [0, 0.1) is 5.92 Å². The van der Waals surface area contributed by atoms with Gasteiger partial charge in [0.15, 0.2) is 6.61 Å². The number of carbonyl (C=O) groups is 3. The van der Waals surface area contributed by atoms with Crippen LogP contribution in [0.5, 0.6) is 5.75 Å². The zero-order chi connectivity index (χ0) is 18.6. The average Bonchev–Trinajstić information content (AvgIpc) is 2.57. The number of amides is 3. The van der Waals surface area contributed by atoms with Gasteiger partial charge in [0.05, 0.1) is 5.69 Å². The van der Waals surface area contributed by atoms with Crippen LogP contribution >= 0.6 is 0 Å². The zero-order valence-electron chi connectivity index (χ0n) is 15.1. The van der Waals surface area contributed by atoms with Gasteiger partial charge >= 0.3 is 0 Å². The van der Waals surface area contributed by atoms with Crippen LogP contribution in [0.3, 0.4) is 0 Å². The molecule has 1 aromatic rings. The van der Waals surface area contributed by atoms with Crippen LogP contribution in [-0.4, -0.2) is 55.9 Å². The summed E-state index contributed by atoms with van der Waals surface area (Å²) in [6.45, 7) is 3.97. The van der Waals surface area contributed by atoms with Gasteiger partial charge in [0.2, 0.25) is 11.8 Å². The number of hydrogen-bond acceptors (Lipinski definition) is 4. The summed E-state index contributed by atoms with van der Waals surface area (Å²) in [4.78, 5) is 39.6. The molecule has 7 nitrogen and oxygen atoms in total. The largest absolute Gasteiger partial charge is 0.482 e. The summed E-state index contributed by atoms with van der Waals surface area (Å²) in [6.07, 6.45) is 0.115. The first-order chi connectivity index (χ1) is 11.8. The highest BCUT2D eigenvalue weighted by Gasteiger charge is 2.28. The monoisotopic (exact) mass is 347 g/mol. The number of ether oxygens (including phenoxy) is 1. The Kier molecular flexibility index (Phi) is 6.01. The van der Waals surface area contributed by atoms with Gasteiger partial charge in [-0.15, -0.1) is 0 Å². The van der Waals surface area contributed by atoms with Crippen LogP contribution in [0.15, 0.2) is 24.3 Å². The standard InChI is InChI=1S/C18H25N3O4/c1-12(2)17(18(24)20(3)4)19-15(22)9-10-21-13-7-5-6-8-14(13)25-11-16(21)23/h5-8,12,17H,9-11H2,1-4H3,(H,19,22)/t17-/m1/s1. The van der Waals surface area contributed by atoms with E-state index in [9.17, 15) is 14.4 Å². The van der Waals surface area contributed by atoms with Gasteiger partial charge in [-0.2, -0.15) is 0 Å². The van der Waals surface area contributed by atoms with Gasteiger partial charge in [-0.1, -0.05) is 26.0 Å². The number of fused-ring (bicyclic) bond motifs is 1. The fourth-order valence-corrected chi connectivity index (χ4v) is 2.65. The second kappa shape index (κ2) is 8.00. The molecule has 0 spiro atoms. The van der Waals surface area contributed by atoms with Crippen molar-refractivity contribution in [2.75, 3.05) is 32.1 Å². The molecule has 3 amide bonds. The molecule has 0 aliphatic carbocycles. The van der Waals surface area contributed by atoms with Gasteiger partial charge in [0.1, 0.15) is 11.8 Å². The van der Waals surface area contributed by atoms with Crippen molar-refractivity contribution in [3.63, 3.8) is 0 Å². The van der Waals surface area contributed by atoms with E-state index in [0.29, 0.717) is 11.4 Å². The van der Waals surface area contributed by atoms with Gasteiger partial charge in [-0.3, -0.25) is 14.4 Å². The second-order valence-electron chi connectivity index (χ2n) is 6.57. The molecular weight excluding hydrogens is 322 g/mol. The molecule has 0 bridgehead atoms. The molecule has 25 heavy (non-hydrogen) atoms. The molecule has 1 aliphatic rings. The number of nitrogens with one attached hydrogen (secondary N) is 1. The normalized spacial score (nSPS) is 14.6. The highest BCUT2D eigenvalue weighted by molar-refractivity contribution is 5.98. The molecule has 0 unspecified atom stereocenters. The number of hydrogen-bond donors (Lipinski definition) is 1. The molecule has 136 valence electrons. The van der Waals surface area contributed by atoms with Crippen molar-refractivity contribution < 1.29 is 19.1 Å². The molecule has 0 radical (unpaired) electrons. The fourth-order valence-electron chi connectivity index (χ4n) is 2.65. The Balaban J connectivity index is 2.00. The third kappa shape index (κ3) is 4.49. The molecule has 0 aromatic heterocycles. The number of para-hydroxylation sites is 2. The Hall–Kier alpha value is -2.57. The Labute approximate surface area is 147 Å². The van der Waals surface area contributed by atoms with Gasteiger partial charge in [-0.05, 0) is 18.1 Å². The van der Waals surface area contributed by atoms with Gasteiger partial charge in [-0.25, -0.2) is 0 Å². The summed E-state index contributed by atoms with van der Waals surface area (Å²) in [6, 6.07) is 6.66. The maximum atomic E-state index is 12.3. The number of likely N-dealkylation sites (N-methyl/N-ethyl adjacent to an activating group) is 1. The maximum Gasteiger partial charge on any atom is 0.265 e. The smallest absolute Gasteiger partial charge is 0.265 e. The van der Waals surface area contributed by atoms with E-state index in [2.05, 4.69) is 5.32 Å². The van der Waals surface area contributed by atoms with Gasteiger partial charge in [0.25, 0.3) is 5.91 Å². The van der Waals surface area contributed by atoms with Gasteiger partial charge in [0, 0.05) is 27.1 Å². The lowest BCUT2D eigenvalue weighted by Crippen LogP contribution is -2.50. The predicted octanol–water partition coefficient (Wildman–Crippen LogP) is 1.03. The highest BCUT2D eigenvalue weighted by Crippen LogP contribution is 2.31. The number of carbonyl (C=O) groups excluding carboxylic acids is 3. The van der Waals surface area contributed by atoms with E-state index in [1.165, 1.54) is 4.90 Å². The molecule has 0 fully saturated rings. The molecule has 1 N–H and O–H groups in total. The van der Waals surface area contributed by atoms with Crippen LogP contribution in [0.2, 0.25) is 0 Å². The molecule has 2 rings (SSSR count). The Bertz CT molecular complexity index is 657. The van der Waals surface area contributed by atoms with E-state index in [1.54, 1.807) is 31.1 Å². The third-order valence-corrected chi connectivity index (χ3v) is 4.06. The topological polar surface area (TPSA) is 79.0 Å². The minimum atomic E-state index is -0.574. The number of benzene rings is 1. The first-order valence-corrected chi connectivity index (χ1v) is 8.34. The van der Waals surface area contributed by atoms with Crippen LogP contribution in [0.1, 0.15) is 20.3 Å². The first kappa shape index (κ1) is 18.8. The second-order valence-corrected chi connectivity index (χ2v) is 6.57. The molecule has 1 atom stereocenters. The zero-order valence-corrected chi connectivity index (χ0v) is 15.1. The van der Waals surface area contributed by atoms with Crippen molar-refractivity contribution in [2.24, 2.45) is 5.92 Å². The Morgan fingerprint density at radius 2 is 1.96 bits per heavy atom. The summed E-state index contributed by atoms with van der Waals surface area (Å²) < 4.78 is 5.38. The third-order valence-electron chi connectivity index (χ3n) is 4.06. The van der Waals surface area contributed by atoms with Crippen molar-refractivity contribution in [3.05, 3.63) is 24.3 Å². The van der Waals surface area contributed by atoms with E-state index >= 15 is 0 Å². The number of rotatable bonds is 6. The predicted molar refractivity (Wildman–Crippen MR) is 94.4 cm³/mol. The quantitative estimate of drug-likeness (QED) is 0.834. The van der Waals surface area contributed by atoms with E-state index < -0.39 is 6.04 Å². The summed E-state index contributed by atoms with van der Waals surface area (Å²) in [5.41, 5.74) is 0.663. The molecule has 7 heteroatoms. The molecule has 1 heterocycles. The molecule has 0 saturated carbocycles. The van der Waals surface area contributed by atoms with E-state index in [-0.39, 0.29) is 43.2 Å². The molecule has 1 aliphatic heterocycles. The van der Waals surface area contributed by atoms with Crippen LogP contribution in [0.4, 0.5) is 5.69 Å². The fraction of sp³-hybridized carbons (Fsp3) is 0.500. The number of nitrogens with zero attached hydrogens (tertiary/aromatic N) is 2. The lowest BCUT2D eigenvalue weighted by molar-refractivity contribution is -0.135. The van der Waals surface area contributed by atoms with E-state index in [1.807, 2.05) is 26.0 Å². The lowest BCUT2D eigenvalue weighted by Gasteiger charge is -2.29. The molecular formula is C18H25N3O4. The molecule has 1 aromatic carbocycles. The van der Waals surface area contributed by atoms with E-state index in [0.717, 1.165) is 0 Å². The summed E-state index contributed by atoms with van der Waals surface area (Å²) in [5.74, 6) is 0.0213. The van der Waals surface area contributed by atoms with E-state index in [4.69, 9.17) is 4.74 Å². The molecule has 0 saturated heterocycles. The van der Waals surface area contributed by atoms with Crippen molar-refractivity contribution >= 4 is 23.4 Å². The minimum absolute atomic E-state index is 0.0235. The van der Waals surface area contributed by atoms with Crippen molar-refractivity contribution in [3.8, 4) is 5.75 Å². The average molecular weight is 347 g/mol. The maximum absolute atomic E-state index is 12.3. The summed E-state index contributed by atoms with van der Waals surface area (Å²) >= 11 is 0. The van der Waals surface area contributed by atoms with Crippen LogP contribution in [0.25, 0.3) is 0 Å². The lowest BCUT2D eigenvalue weighted by atomic mass is 10.0. The number of anilines is 1. The van der Waals surface area contributed by atoms with Crippen LogP contribution < -0.4 is 15.0 Å². The summed E-state index contributed by atoms with van der Waals surface area (Å²) in [7, 11) is 3.32. The SMILES string of the molecule is CC(C)[C@@H](NC(=O)CCN1C(=O)COc2ccccc21)C(=O)N(C)C.